The number of para-hydroxylation sites is 1. The van der Waals surface area contributed by atoms with Crippen molar-refractivity contribution in [3.05, 3.63) is 35.9 Å². The molecule has 1 unspecified atom stereocenters. The maximum absolute atomic E-state index is 9.96. The second-order valence-corrected chi connectivity index (χ2v) is 5.07. The van der Waals surface area contributed by atoms with E-state index in [1.807, 2.05) is 18.2 Å². The predicted molar refractivity (Wildman–Crippen MR) is 79.2 cm³/mol. The summed E-state index contributed by atoms with van der Waals surface area (Å²) in [6.07, 6.45) is 5.91. The first kappa shape index (κ1) is 15.1. The second-order valence-electron chi connectivity index (χ2n) is 5.07. The molecule has 18 heavy (non-hydrogen) atoms. The van der Waals surface area contributed by atoms with Crippen molar-refractivity contribution in [3.63, 3.8) is 0 Å². The summed E-state index contributed by atoms with van der Waals surface area (Å²) in [5.74, 6) is 0.955. The molecule has 0 saturated carbocycles. The summed E-state index contributed by atoms with van der Waals surface area (Å²) in [6, 6.07) is 7.67. The third-order valence-corrected chi connectivity index (χ3v) is 3.36. The van der Waals surface area contributed by atoms with Crippen molar-refractivity contribution in [1.82, 2.24) is 4.90 Å². The molecular weight excluding hydrogens is 246 g/mol. The van der Waals surface area contributed by atoms with Gasteiger partial charge in [-0.15, -0.1) is 12.4 Å². The number of phenolic OH excluding ortho intramolecular Hbond substituents is 1. The molecule has 0 radical (unpaired) electrons. The molecule has 0 fully saturated rings. The number of rotatable bonds is 3. The van der Waals surface area contributed by atoms with Crippen LogP contribution in [0.2, 0.25) is 0 Å². The molecule has 1 aromatic rings. The summed E-state index contributed by atoms with van der Waals surface area (Å²) in [7, 11) is 4.22. The van der Waals surface area contributed by atoms with Crippen molar-refractivity contribution in [2.24, 2.45) is 5.92 Å². The number of hydrogen-bond donors (Lipinski definition) is 1. The largest absolute Gasteiger partial charge is 0.507 e. The van der Waals surface area contributed by atoms with Gasteiger partial charge in [-0.25, -0.2) is 0 Å². The normalized spacial score (nSPS) is 19.3. The number of benzene rings is 1. The van der Waals surface area contributed by atoms with Crippen molar-refractivity contribution in [3.8, 4) is 5.75 Å². The molecule has 2 nitrogen and oxygen atoms in total. The summed E-state index contributed by atoms with van der Waals surface area (Å²) in [5.41, 5.74) is 2.34. The van der Waals surface area contributed by atoms with E-state index in [0.29, 0.717) is 11.7 Å². The highest BCUT2D eigenvalue weighted by Crippen LogP contribution is 2.36. The summed E-state index contributed by atoms with van der Waals surface area (Å²) in [5, 5.41) is 9.96. The maximum Gasteiger partial charge on any atom is 0.123 e. The van der Waals surface area contributed by atoms with Gasteiger partial charge in [-0.05, 0) is 50.9 Å². The van der Waals surface area contributed by atoms with Crippen LogP contribution in [0.25, 0.3) is 5.57 Å². The van der Waals surface area contributed by atoms with Gasteiger partial charge in [0.05, 0.1) is 0 Å². The van der Waals surface area contributed by atoms with Crippen LogP contribution in [0.15, 0.2) is 30.3 Å². The van der Waals surface area contributed by atoms with Gasteiger partial charge in [0.25, 0.3) is 0 Å². The Kier molecular flexibility index (Phi) is 5.70. The van der Waals surface area contributed by atoms with Crippen LogP contribution in [0.4, 0.5) is 0 Å². The topological polar surface area (TPSA) is 23.5 Å². The summed E-state index contributed by atoms with van der Waals surface area (Å²) in [6.45, 7) is 1.06. The molecule has 0 aliphatic heterocycles. The minimum absolute atomic E-state index is 0. The molecule has 1 aromatic carbocycles. The Labute approximate surface area is 116 Å². The van der Waals surface area contributed by atoms with E-state index in [2.05, 4.69) is 25.1 Å². The predicted octanol–water partition coefficient (Wildman–Crippen LogP) is 3.56. The molecular formula is C15H22ClNO. The fraction of sp³-hybridized carbons (Fsp3) is 0.467. The van der Waals surface area contributed by atoms with Gasteiger partial charge >= 0.3 is 0 Å². The standard InChI is InChI=1S/C15H21NO.ClH/c1-16(2)11-12-7-3-4-8-13(12)14-9-5-6-10-15(14)17;/h5-6,8-10,12,17H,3-4,7,11H2,1-2H3;1H. The summed E-state index contributed by atoms with van der Waals surface area (Å²) in [4.78, 5) is 2.23. The van der Waals surface area contributed by atoms with Crippen LogP contribution in [0.1, 0.15) is 24.8 Å². The molecule has 1 aliphatic carbocycles. The molecule has 1 atom stereocenters. The highest BCUT2D eigenvalue weighted by molar-refractivity contribution is 5.85. The zero-order chi connectivity index (χ0) is 12.3. The minimum atomic E-state index is 0. The monoisotopic (exact) mass is 267 g/mol. The van der Waals surface area contributed by atoms with Gasteiger partial charge in [0.1, 0.15) is 5.75 Å². The first-order chi connectivity index (χ1) is 8.18. The number of halogens is 1. The Morgan fingerprint density at radius 2 is 2.00 bits per heavy atom. The van der Waals surface area contributed by atoms with E-state index in [1.54, 1.807) is 6.07 Å². The van der Waals surface area contributed by atoms with E-state index >= 15 is 0 Å². The van der Waals surface area contributed by atoms with Crippen LogP contribution in [-0.2, 0) is 0 Å². The lowest BCUT2D eigenvalue weighted by atomic mass is 9.83. The first-order valence-electron chi connectivity index (χ1n) is 6.31. The van der Waals surface area contributed by atoms with E-state index in [9.17, 15) is 5.11 Å². The summed E-state index contributed by atoms with van der Waals surface area (Å²) < 4.78 is 0. The van der Waals surface area contributed by atoms with E-state index < -0.39 is 0 Å². The number of hydrogen-bond acceptors (Lipinski definition) is 2. The average Bonchev–Trinajstić information content (AvgIpc) is 2.30. The molecule has 2 rings (SSSR count). The molecule has 0 amide bonds. The molecule has 1 aliphatic rings. The molecule has 1 N–H and O–H groups in total. The quantitative estimate of drug-likeness (QED) is 0.905. The number of aromatic hydroxyl groups is 1. The van der Waals surface area contributed by atoms with Crippen molar-refractivity contribution in [2.45, 2.75) is 19.3 Å². The molecule has 0 saturated heterocycles. The average molecular weight is 268 g/mol. The van der Waals surface area contributed by atoms with Gasteiger partial charge < -0.3 is 10.0 Å². The van der Waals surface area contributed by atoms with Crippen LogP contribution < -0.4 is 0 Å². The van der Waals surface area contributed by atoms with Crippen molar-refractivity contribution < 1.29 is 5.11 Å². The number of phenols is 1. The second kappa shape index (κ2) is 6.81. The van der Waals surface area contributed by atoms with Crippen LogP contribution in [0, 0.1) is 5.92 Å². The van der Waals surface area contributed by atoms with E-state index in [1.165, 1.54) is 18.4 Å². The van der Waals surface area contributed by atoms with Crippen LogP contribution >= 0.6 is 12.4 Å². The Balaban J connectivity index is 0.00000162. The minimum Gasteiger partial charge on any atom is -0.507 e. The lowest BCUT2D eigenvalue weighted by Crippen LogP contribution is -2.24. The smallest absolute Gasteiger partial charge is 0.123 e. The van der Waals surface area contributed by atoms with Crippen molar-refractivity contribution >= 4 is 18.0 Å². The molecule has 3 heteroatoms. The Bertz CT molecular complexity index is 415. The van der Waals surface area contributed by atoms with Gasteiger partial charge in [-0.2, -0.15) is 0 Å². The van der Waals surface area contributed by atoms with Gasteiger partial charge in [-0.3, -0.25) is 0 Å². The molecule has 0 bridgehead atoms. The first-order valence-corrected chi connectivity index (χ1v) is 6.31. The van der Waals surface area contributed by atoms with Crippen LogP contribution in [0.5, 0.6) is 5.75 Å². The molecule has 0 spiro atoms. The van der Waals surface area contributed by atoms with Gasteiger partial charge in [0, 0.05) is 12.1 Å². The van der Waals surface area contributed by atoms with E-state index in [4.69, 9.17) is 0 Å². The summed E-state index contributed by atoms with van der Waals surface area (Å²) >= 11 is 0. The fourth-order valence-electron chi connectivity index (χ4n) is 2.62. The van der Waals surface area contributed by atoms with Gasteiger partial charge in [-0.1, -0.05) is 24.3 Å². The highest BCUT2D eigenvalue weighted by Gasteiger charge is 2.21. The zero-order valence-electron chi connectivity index (χ0n) is 11.1. The maximum atomic E-state index is 9.96. The molecule has 0 aromatic heterocycles. The lowest BCUT2D eigenvalue weighted by molar-refractivity contribution is 0.346. The zero-order valence-corrected chi connectivity index (χ0v) is 11.9. The Morgan fingerprint density at radius 3 is 2.67 bits per heavy atom. The number of nitrogens with zero attached hydrogens (tertiary/aromatic N) is 1. The fourth-order valence-corrected chi connectivity index (χ4v) is 2.62. The molecule has 100 valence electrons. The highest BCUT2D eigenvalue weighted by atomic mass is 35.5. The van der Waals surface area contributed by atoms with E-state index in [-0.39, 0.29) is 12.4 Å². The van der Waals surface area contributed by atoms with E-state index in [0.717, 1.165) is 18.5 Å². The SMILES string of the molecule is CN(C)CC1CCCC=C1c1ccccc1O.Cl. The van der Waals surface area contributed by atoms with Crippen LogP contribution in [-0.4, -0.2) is 30.6 Å². The van der Waals surface area contributed by atoms with Gasteiger partial charge in [0.15, 0.2) is 0 Å². The third-order valence-electron chi connectivity index (χ3n) is 3.36. The number of allylic oxidation sites excluding steroid dienone is 1. The Hall–Kier alpha value is -0.990. The Morgan fingerprint density at radius 1 is 1.28 bits per heavy atom. The molecule has 0 heterocycles. The lowest BCUT2D eigenvalue weighted by Gasteiger charge is -2.27. The van der Waals surface area contributed by atoms with Crippen molar-refractivity contribution in [1.29, 1.82) is 0 Å². The van der Waals surface area contributed by atoms with Gasteiger partial charge in [0.2, 0.25) is 0 Å². The third kappa shape index (κ3) is 3.50. The van der Waals surface area contributed by atoms with Crippen LogP contribution in [0.3, 0.4) is 0 Å². The van der Waals surface area contributed by atoms with Crippen molar-refractivity contribution in [2.75, 3.05) is 20.6 Å².